The molecule has 0 radical (unpaired) electrons. The van der Waals surface area contributed by atoms with Gasteiger partial charge in [0.15, 0.2) is 0 Å². The Morgan fingerprint density at radius 3 is 2.46 bits per heavy atom. The summed E-state index contributed by atoms with van der Waals surface area (Å²) in [5.74, 6) is -0.583. The molecule has 0 aliphatic heterocycles. The zero-order chi connectivity index (χ0) is 20.5. The first kappa shape index (κ1) is 19.6. The number of rotatable bonds is 6. The van der Waals surface area contributed by atoms with E-state index >= 15 is 0 Å². The van der Waals surface area contributed by atoms with Gasteiger partial charge in [-0.3, -0.25) is 14.9 Å². The molecule has 9 heteroatoms. The number of aromatic nitrogens is 1. The Kier molecular flexibility index (Phi) is 5.19. The van der Waals surface area contributed by atoms with Crippen LogP contribution in [-0.4, -0.2) is 24.2 Å². The smallest absolute Gasteiger partial charge is 0.293 e. The maximum absolute atomic E-state index is 12.5. The number of fused-ring (bicyclic) bond motifs is 1. The summed E-state index contributed by atoms with van der Waals surface area (Å²) < 4.78 is 26.7. The Morgan fingerprint density at radius 2 is 1.86 bits per heavy atom. The third-order valence-electron chi connectivity index (χ3n) is 4.21. The fourth-order valence-electron chi connectivity index (χ4n) is 2.99. The predicted molar refractivity (Wildman–Crippen MR) is 105 cm³/mol. The molecule has 3 rings (SSSR count). The number of carbonyl (C=O) groups is 1. The normalized spacial score (nSPS) is 11.7. The van der Waals surface area contributed by atoms with Crippen LogP contribution in [-0.2, 0) is 16.4 Å². The highest BCUT2D eigenvalue weighted by Crippen LogP contribution is 2.30. The third-order valence-corrected chi connectivity index (χ3v) is 5.56. The zero-order valence-electron chi connectivity index (χ0n) is 15.3. The molecule has 8 nitrogen and oxygen atoms in total. The summed E-state index contributed by atoms with van der Waals surface area (Å²) in [6.45, 7) is 4.03. The van der Waals surface area contributed by atoms with Gasteiger partial charge in [-0.25, -0.2) is 13.1 Å². The highest BCUT2D eigenvalue weighted by Gasteiger charge is 2.23. The lowest BCUT2D eigenvalue weighted by Gasteiger charge is -2.06. The molecule has 1 heterocycles. The second kappa shape index (κ2) is 7.43. The molecule has 0 spiro atoms. The maximum Gasteiger partial charge on any atom is 0.293 e. The number of hydrogen-bond donors (Lipinski definition) is 2. The van der Waals surface area contributed by atoms with Crippen molar-refractivity contribution in [2.24, 2.45) is 5.92 Å². The summed E-state index contributed by atoms with van der Waals surface area (Å²) in [6, 6.07) is 12.0. The summed E-state index contributed by atoms with van der Waals surface area (Å²) in [5, 5.41) is 11.9. The van der Waals surface area contributed by atoms with Gasteiger partial charge in [0, 0.05) is 11.5 Å². The molecular weight excluding hydrogens is 382 g/mol. The van der Waals surface area contributed by atoms with Gasteiger partial charge in [-0.05, 0) is 36.1 Å². The van der Waals surface area contributed by atoms with Gasteiger partial charge in [-0.15, -0.1) is 0 Å². The van der Waals surface area contributed by atoms with Crippen molar-refractivity contribution in [1.29, 1.82) is 0 Å². The van der Waals surface area contributed by atoms with E-state index in [0.717, 1.165) is 5.56 Å². The molecule has 28 heavy (non-hydrogen) atoms. The average Bonchev–Trinajstić information content (AvgIpc) is 3.07. The number of nitro groups is 1. The quantitative estimate of drug-likeness (QED) is 0.484. The first-order valence-electron chi connectivity index (χ1n) is 8.60. The van der Waals surface area contributed by atoms with Crippen LogP contribution in [0.4, 0.5) is 5.69 Å². The molecule has 2 aromatic carbocycles. The Hall–Kier alpha value is -3.20. The van der Waals surface area contributed by atoms with E-state index in [2.05, 4.69) is 4.98 Å². The number of nitro benzene ring substituents is 1. The number of non-ortho nitro benzene ring substituents is 1. The first-order chi connectivity index (χ1) is 13.2. The number of nitrogens with one attached hydrogen (secondary N) is 2. The van der Waals surface area contributed by atoms with Gasteiger partial charge < -0.3 is 4.98 Å². The molecule has 0 saturated heterocycles. The Bertz CT molecular complexity index is 1150. The molecule has 0 bridgehead atoms. The van der Waals surface area contributed by atoms with Gasteiger partial charge in [0.1, 0.15) is 11.2 Å². The van der Waals surface area contributed by atoms with Crippen molar-refractivity contribution < 1.29 is 18.1 Å². The van der Waals surface area contributed by atoms with Crippen molar-refractivity contribution in [1.82, 2.24) is 9.71 Å². The van der Waals surface area contributed by atoms with Crippen molar-refractivity contribution in [2.75, 3.05) is 0 Å². The van der Waals surface area contributed by atoms with E-state index in [1.54, 1.807) is 24.3 Å². The number of hydrogen-bond acceptors (Lipinski definition) is 5. The van der Waals surface area contributed by atoms with Crippen molar-refractivity contribution in [2.45, 2.75) is 25.2 Å². The maximum atomic E-state index is 12.5. The topological polar surface area (TPSA) is 122 Å². The lowest BCUT2D eigenvalue weighted by Crippen LogP contribution is -2.30. The molecule has 0 unspecified atom stereocenters. The van der Waals surface area contributed by atoms with Crippen LogP contribution in [0.25, 0.3) is 10.9 Å². The van der Waals surface area contributed by atoms with E-state index < -0.39 is 20.9 Å². The number of carbonyl (C=O) groups excluding carboxylic acids is 1. The van der Waals surface area contributed by atoms with Crippen LogP contribution in [0.3, 0.4) is 0 Å². The summed E-state index contributed by atoms with van der Waals surface area (Å²) in [5.41, 5.74) is 0.809. The van der Waals surface area contributed by atoms with Crippen molar-refractivity contribution in [3.63, 3.8) is 0 Å². The molecule has 1 aromatic heterocycles. The van der Waals surface area contributed by atoms with Crippen LogP contribution in [0.5, 0.6) is 0 Å². The Labute approximate surface area is 161 Å². The van der Waals surface area contributed by atoms with Crippen LogP contribution in [0, 0.1) is 16.0 Å². The monoisotopic (exact) mass is 401 g/mol. The van der Waals surface area contributed by atoms with E-state index in [9.17, 15) is 23.3 Å². The summed E-state index contributed by atoms with van der Waals surface area (Å²) in [6.07, 6.45) is 0.662. The molecule has 0 saturated carbocycles. The van der Waals surface area contributed by atoms with Crippen LogP contribution < -0.4 is 4.72 Å². The van der Waals surface area contributed by atoms with Gasteiger partial charge in [0.2, 0.25) is 0 Å². The van der Waals surface area contributed by atoms with E-state index in [4.69, 9.17) is 0 Å². The molecule has 2 N–H and O–H groups in total. The summed E-state index contributed by atoms with van der Waals surface area (Å²) in [7, 11) is -4.05. The lowest BCUT2D eigenvalue weighted by atomic mass is 9.99. The molecule has 3 aromatic rings. The van der Waals surface area contributed by atoms with E-state index in [0.29, 0.717) is 17.7 Å². The highest BCUT2D eigenvalue weighted by atomic mass is 32.2. The minimum atomic E-state index is -4.05. The molecular formula is C19H19N3O5S. The van der Waals surface area contributed by atoms with Gasteiger partial charge in [0.05, 0.1) is 9.82 Å². The summed E-state index contributed by atoms with van der Waals surface area (Å²) >= 11 is 0. The first-order valence-corrected chi connectivity index (χ1v) is 10.1. The van der Waals surface area contributed by atoms with Crippen LogP contribution in [0.2, 0.25) is 0 Å². The minimum Gasteiger partial charge on any atom is -0.345 e. The van der Waals surface area contributed by atoms with E-state index in [1.165, 1.54) is 24.3 Å². The second-order valence-electron chi connectivity index (χ2n) is 6.82. The van der Waals surface area contributed by atoms with E-state index in [1.807, 2.05) is 18.6 Å². The van der Waals surface area contributed by atoms with Crippen molar-refractivity contribution >= 4 is 32.5 Å². The fourth-order valence-corrected chi connectivity index (χ4v) is 3.98. The lowest BCUT2D eigenvalue weighted by molar-refractivity contribution is -0.383. The van der Waals surface area contributed by atoms with Gasteiger partial charge in [-0.1, -0.05) is 38.1 Å². The minimum absolute atomic E-state index is 0.0501. The number of amides is 1. The largest absolute Gasteiger partial charge is 0.345 e. The number of H-pyrrole nitrogens is 1. The number of benzene rings is 2. The Morgan fingerprint density at radius 1 is 1.18 bits per heavy atom. The SMILES string of the molecule is CC(C)Cc1ccc([N+](=O)[O-])c2[nH]c(C(=O)NS(=O)(=O)c3ccccc3)cc12. The van der Waals surface area contributed by atoms with Crippen LogP contribution in [0.1, 0.15) is 29.9 Å². The van der Waals surface area contributed by atoms with Gasteiger partial charge >= 0.3 is 0 Å². The van der Waals surface area contributed by atoms with Crippen LogP contribution >= 0.6 is 0 Å². The molecule has 0 fully saturated rings. The third kappa shape index (κ3) is 3.89. The second-order valence-corrected chi connectivity index (χ2v) is 8.50. The van der Waals surface area contributed by atoms with Gasteiger partial charge in [-0.2, -0.15) is 0 Å². The summed E-state index contributed by atoms with van der Waals surface area (Å²) in [4.78, 5) is 26.0. The molecule has 0 aliphatic carbocycles. The number of nitrogens with zero attached hydrogens (tertiary/aromatic N) is 1. The number of aromatic amines is 1. The van der Waals surface area contributed by atoms with Crippen LogP contribution in [0.15, 0.2) is 53.4 Å². The van der Waals surface area contributed by atoms with E-state index in [-0.39, 0.29) is 21.8 Å². The highest BCUT2D eigenvalue weighted by molar-refractivity contribution is 7.90. The molecule has 0 atom stereocenters. The molecule has 1 amide bonds. The standard InChI is InChI=1S/C19H19N3O5S/c1-12(2)10-13-8-9-17(22(24)25)18-15(13)11-16(20-18)19(23)21-28(26,27)14-6-4-3-5-7-14/h3-9,11-12,20H,10H2,1-2H3,(H,21,23). The number of sulfonamides is 1. The van der Waals surface area contributed by atoms with Gasteiger partial charge in [0.25, 0.3) is 21.6 Å². The van der Waals surface area contributed by atoms with Crippen molar-refractivity contribution in [3.05, 3.63) is 69.9 Å². The fraction of sp³-hybridized carbons (Fsp3) is 0.211. The average molecular weight is 401 g/mol. The molecule has 146 valence electrons. The van der Waals surface area contributed by atoms with Crippen molar-refractivity contribution in [3.8, 4) is 0 Å². The molecule has 0 aliphatic rings. The Balaban J connectivity index is 2.02. The zero-order valence-corrected chi connectivity index (χ0v) is 16.1. The predicted octanol–water partition coefficient (Wildman–Crippen LogP) is 3.39.